The van der Waals surface area contributed by atoms with Crippen LogP contribution in [0.15, 0.2) is 60.8 Å². The van der Waals surface area contributed by atoms with E-state index in [-0.39, 0.29) is 5.91 Å². The number of rotatable bonds is 6. The van der Waals surface area contributed by atoms with Crippen LogP contribution in [-0.4, -0.2) is 58.4 Å². The van der Waals surface area contributed by atoms with Crippen LogP contribution >= 0.6 is 0 Å². The van der Waals surface area contributed by atoms with Gasteiger partial charge in [-0.3, -0.25) is 9.69 Å². The van der Waals surface area contributed by atoms with Gasteiger partial charge in [0.25, 0.3) is 5.91 Å². The average molecular weight is 390 g/mol. The molecule has 2 aromatic carbocycles. The van der Waals surface area contributed by atoms with Gasteiger partial charge in [-0.1, -0.05) is 49.4 Å². The van der Waals surface area contributed by atoms with Gasteiger partial charge in [-0.15, -0.1) is 0 Å². The van der Waals surface area contributed by atoms with Crippen molar-refractivity contribution < 1.29 is 4.79 Å². The fourth-order valence-corrected chi connectivity index (χ4v) is 3.59. The number of aromatic amines is 1. The van der Waals surface area contributed by atoms with E-state index in [1.54, 1.807) is 6.20 Å². The first-order valence-corrected chi connectivity index (χ1v) is 10.2. The van der Waals surface area contributed by atoms with E-state index in [0.29, 0.717) is 11.5 Å². The number of nitrogens with one attached hydrogen (secondary N) is 2. The average Bonchev–Trinajstić information content (AvgIpc) is 3.27. The number of hydrogen-bond donors (Lipinski definition) is 2. The molecule has 150 valence electrons. The third kappa shape index (κ3) is 4.91. The maximum absolute atomic E-state index is 12.5. The molecule has 2 heterocycles. The Labute approximate surface area is 171 Å². The molecule has 3 aromatic rings. The van der Waals surface area contributed by atoms with Crippen molar-refractivity contribution in [1.82, 2.24) is 19.8 Å². The number of benzene rings is 2. The Morgan fingerprint density at radius 1 is 1.00 bits per heavy atom. The highest BCUT2D eigenvalue weighted by Crippen LogP contribution is 2.17. The summed E-state index contributed by atoms with van der Waals surface area (Å²) < 4.78 is 0. The number of amides is 1. The molecule has 1 saturated heterocycles. The first kappa shape index (κ1) is 19.4. The predicted octanol–water partition coefficient (Wildman–Crippen LogP) is 3.47. The number of anilines is 1. The molecule has 1 aliphatic heterocycles. The van der Waals surface area contributed by atoms with E-state index in [0.717, 1.165) is 50.5 Å². The first-order valence-electron chi connectivity index (χ1n) is 10.2. The van der Waals surface area contributed by atoms with Gasteiger partial charge in [-0.25, -0.2) is 4.98 Å². The number of carbonyl (C=O) groups is 1. The molecular weight excluding hydrogens is 362 g/mol. The molecular formula is C23H27N5O. The second-order valence-corrected chi connectivity index (χ2v) is 7.37. The smallest absolute Gasteiger partial charge is 0.273 e. The summed E-state index contributed by atoms with van der Waals surface area (Å²) in [6.07, 6.45) is 1.57. The number of imidazole rings is 1. The summed E-state index contributed by atoms with van der Waals surface area (Å²) in [7, 11) is 0. The van der Waals surface area contributed by atoms with Crippen molar-refractivity contribution in [2.24, 2.45) is 0 Å². The molecule has 6 nitrogen and oxygen atoms in total. The molecule has 0 spiro atoms. The van der Waals surface area contributed by atoms with Gasteiger partial charge in [0.1, 0.15) is 11.5 Å². The van der Waals surface area contributed by atoms with Gasteiger partial charge >= 0.3 is 0 Å². The monoisotopic (exact) mass is 389 g/mol. The van der Waals surface area contributed by atoms with E-state index in [1.165, 1.54) is 5.56 Å². The van der Waals surface area contributed by atoms with E-state index in [9.17, 15) is 4.79 Å². The second-order valence-electron chi connectivity index (χ2n) is 7.37. The van der Waals surface area contributed by atoms with Crippen molar-refractivity contribution in [3.8, 4) is 11.4 Å². The number of hydrogen-bond acceptors (Lipinski definition) is 4. The number of aromatic nitrogens is 2. The van der Waals surface area contributed by atoms with Gasteiger partial charge < -0.3 is 15.2 Å². The van der Waals surface area contributed by atoms with Crippen LogP contribution < -0.4 is 5.32 Å². The number of nitrogens with zero attached hydrogens (tertiary/aromatic N) is 3. The van der Waals surface area contributed by atoms with Crippen molar-refractivity contribution in [3.63, 3.8) is 0 Å². The minimum Gasteiger partial charge on any atom is -0.334 e. The lowest BCUT2D eigenvalue weighted by Gasteiger charge is -2.34. The highest BCUT2D eigenvalue weighted by atomic mass is 16.1. The van der Waals surface area contributed by atoms with Crippen LogP contribution in [-0.2, 0) is 6.54 Å². The van der Waals surface area contributed by atoms with Gasteiger partial charge in [-0.2, -0.15) is 0 Å². The minimum atomic E-state index is -0.192. The van der Waals surface area contributed by atoms with Gasteiger partial charge in [0.2, 0.25) is 0 Å². The maximum Gasteiger partial charge on any atom is 0.273 e. The summed E-state index contributed by atoms with van der Waals surface area (Å²) in [4.78, 5) is 24.9. The molecule has 1 amide bonds. The lowest BCUT2D eigenvalue weighted by molar-refractivity contribution is 0.102. The van der Waals surface area contributed by atoms with Crippen molar-refractivity contribution in [3.05, 3.63) is 72.1 Å². The Morgan fingerprint density at radius 3 is 2.38 bits per heavy atom. The van der Waals surface area contributed by atoms with Gasteiger partial charge in [0, 0.05) is 44.0 Å². The Morgan fingerprint density at radius 2 is 1.69 bits per heavy atom. The molecule has 6 heteroatoms. The highest BCUT2D eigenvalue weighted by Gasteiger charge is 2.15. The first-order chi connectivity index (χ1) is 14.2. The topological polar surface area (TPSA) is 64.3 Å². The van der Waals surface area contributed by atoms with Crippen molar-refractivity contribution in [2.75, 3.05) is 38.0 Å². The molecule has 1 aliphatic rings. The quantitative estimate of drug-likeness (QED) is 0.678. The van der Waals surface area contributed by atoms with Crippen LogP contribution in [0.4, 0.5) is 5.69 Å². The van der Waals surface area contributed by atoms with Crippen LogP contribution in [0.5, 0.6) is 0 Å². The summed E-state index contributed by atoms with van der Waals surface area (Å²) in [6, 6.07) is 17.9. The van der Waals surface area contributed by atoms with Crippen LogP contribution in [0.25, 0.3) is 11.4 Å². The molecule has 1 fully saturated rings. The number of carbonyl (C=O) groups excluding carboxylic acids is 1. The summed E-state index contributed by atoms with van der Waals surface area (Å²) in [5, 5.41) is 2.94. The molecule has 0 saturated carbocycles. The van der Waals surface area contributed by atoms with Gasteiger partial charge in [-0.05, 0) is 24.2 Å². The zero-order chi connectivity index (χ0) is 20.1. The lowest BCUT2D eigenvalue weighted by Crippen LogP contribution is -2.45. The number of piperazine rings is 1. The van der Waals surface area contributed by atoms with Crippen molar-refractivity contribution in [2.45, 2.75) is 13.5 Å². The molecule has 0 atom stereocenters. The molecule has 2 N–H and O–H groups in total. The fourth-order valence-electron chi connectivity index (χ4n) is 3.59. The SMILES string of the molecule is CCN1CCN(Cc2ccc(NC(=O)c3cnc(-c4ccccc4)[nH]3)cc2)CC1. The van der Waals surface area contributed by atoms with Crippen LogP contribution in [0, 0.1) is 0 Å². The third-order valence-corrected chi connectivity index (χ3v) is 5.40. The Balaban J connectivity index is 1.33. The predicted molar refractivity (Wildman–Crippen MR) is 116 cm³/mol. The van der Waals surface area contributed by atoms with E-state index in [4.69, 9.17) is 0 Å². The van der Waals surface area contributed by atoms with Crippen LogP contribution in [0.2, 0.25) is 0 Å². The highest BCUT2D eigenvalue weighted by molar-refractivity contribution is 6.03. The molecule has 0 radical (unpaired) electrons. The normalized spacial score (nSPS) is 15.3. The van der Waals surface area contributed by atoms with Crippen LogP contribution in [0.1, 0.15) is 23.0 Å². The lowest BCUT2D eigenvalue weighted by atomic mass is 10.1. The number of likely N-dealkylation sites (N-methyl/N-ethyl adjacent to an activating group) is 1. The zero-order valence-electron chi connectivity index (χ0n) is 16.8. The van der Waals surface area contributed by atoms with Gasteiger partial charge in [0.15, 0.2) is 0 Å². The Kier molecular flexibility index (Phi) is 6.03. The zero-order valence-corrected chi connectivity index (χ0v) is 16.8. The number of H-pyrrole nitrogens is 1. The molecule has 1 aromatic heterocycles. The molecule has 0 bridgehead atoms. The van der Waals surface area contributed by atoms with Crippen molar-refractivity contribution in [1.29, 1.82) is 0 Å². The van der Waals surface area contributed by atoms with Crippen molar-refractivity contribution >= 4 is 11.6 Å². The molecule has 4 rings (SSSR count). The summed E-state index contributed by atoms with van der Waals surface area (Å²) in [5.41, 5.74) is 3.45. The van der Waals surface area contributed by atoms with E-state index in [1.807, 2.05) is 42.5 Å². The van der Waals surface area contributed by atoms with Crippen LogP contribution in [0.3, 0.4) is 0 Å². The summed E-state index contributed by atoms with van der Waals surface area (Å²) in [6.45, 7) is 8.79. The summed E-state index contributed by atoms with van der Waals surface area (Å²) >= 11 is 0. The Bertz CT molecular complexity index is 927. The molecule has 0 unspecified atom stereocenters. The van der Waals surface area contributed by atoms with Gasteiger partial charge in [0.05, 0.1) is 6.20 Å². The largest absolute Gasteiger partial charge is 0.334 e. The van der Waals surface area contributed by atoms with E-state index in [2.05, 4.69) is 44.1 Å². The Hall–Kier alpha value is -2.96. The third-order valence-electron chi connectivity index (χ3n) is 5.40. The fraction of sp³-hybridized carbons (Fsp3) is 0.304. The second kappa shape index (κ2) is 9.03. The summed E-state index contributed by atoms with van der Waals surface area (Å²) in [5.74, 6) is 0.498. The molecule has 0 aliphatic carbocycles. The minimum absolute atomic E-state index is 0.192. The molecule has 29 heavy (non-hydrogen) atoms. The van der Waals surface area contributed by atoms with E-state index >= 15 is 0 Å². The maximum atomic E-state index is 12.5. The van der Waals surface area contributed by atoms with E-state index < -0.39 is 0 Å². The standard InChI is InChI=1S/C23H27N5O/c1-2-27-12-14-28(15-13-27)17-18-8-10-20(11-9-18)25-23(29)21-16-24-22(26-21)19-6-4-3-5-7-19/h3-11,16H,2,12-15,17H2,1H3,(H,24,26)(H,25,29).